The lowest BCUT2D eigenvalue weighted by Gasteiger charge is -2.11. The van der Waals surface area contributed by atoms with Gasteiger partial charge in [0, 0.05) is 6.54 Å². The average molecular weight is 357 g/mol. The van der Waals surface area contributed by atoms with E-state index in [-0.39, 0.29) is 6.54 Å². The molecule has 0 saturated heterocycles. The summed E-state index contributed by atoms with van der Waals surface area (Å²) in [6.45, 7) is -0.290. The second-order valence-corrected chi connectivity index (χ2v) is 5.39. The smallest absolute Gasteiger partial charge is 0.340 e. The third-order valence-corrected chi connectivity index (χ3v) is 3.55. The maximum Gasteiger partial charge on any atom is 0.340 e. The molecule has 2 aromatic carbocycles. The number of nitrogens with one attached hydrogen (secondary N) is 1. The number of hydrogen-bond acceptors (Lipinski definition) is 6. The van der Waals surface area contributed by atoms with E-state index in [0.717, 1.165) is 5.56 Å². The standard InChI is InChI=1S/C19H19NO6/c1-25-18(23)15-9-7-13(8-10-15)11-20-16(21)12-26-19(24)17(22)14-5-3-2-4-6-14/h2-10,17,22H,11-12H2,1H3,(H,20,21)/t17-/m1/s1. The van der Waals surface area contributed by atoms with Gasteiger partial charge in [0.1, 0.15) is 0 Å². The number of methoxy groups -OCH3 is 1. The van der Waals surface area contributed by atoms with Gasteiger partial charge in [-0.05, 0) is 23.3 Å². The Morgan fingerprint density at radius 1 is 1.04 bits per heavy atom. The van der Waals surface area contributed by atoms with E-state index in [9.17, 15) is 19.5 Å². The molecule has 26 heavy (non-hydrogen) atoms. The summed E-state index contributed by atoms with van der Waals surface area (Å²) < 4.78 is 9.41. The largest absolute Gasteiger partial charge is 0.465 e. The Morgan fingerprint density at radius 3 is 2.31 bits per heavy atom. The SMILES string of the molecule is COC(=O)c1ccc(CNC(=O)COC(=O)[C@H](O)c2ccccc2)cc1. The molecule has 0 saturated carbocycles. The Labute approximate surface area is 150 Å². The van der Waals surface area contributed by atoms with E-state index in [0.29, 0.717) is 11.1 Å². The van der Waals surface area contributed by atoms with Gasteiger partial charge >= 0.3 is 11.9 Å². The van der Waals surface area contributed by atoms with Gasteiger partial charge in [0.2, 0.25) is 0 Å². The first-order chi connectivity index (χ1) is 12.5. The van der Waals surface area contributed by atoms with Gasteiger partial charge in [-0.1, -0.05) is 42.5 Å². The zero-order valence-corrected chi connectivity index (χ0v) is 14.2. The number of aliphatic hydroxyl groups excluding tert-OH is 1. The van der Waals surface area contributed by atoms with Crippen molar-refractivity contribution in [1.82, 2.24) is 5.32 Å². The van der Waals surface area contributed by atoms with Crippen LogP contribution >= 0.6 is 0 Å². The fraction of sp³-hybridized carbons (Fsp3) is 0.211. The van der Waals surface area contributed by atoms with E-state index < -0.39 is 30.6 Å². The van der Waals surface area contributed by atoms with Gasteiger partial charge < -0.3 is 19.9 Å². The van der Waals surface area contributed by atoms with Crippen LogP contribution in [0.5, 0.6) is 0 Å². The monoisotopic (exact) mass is 357 g/mol. The van der Waals surface area contributed by atoms with Crippen molar-refractivity contribution in [2.45, 2.75) is 12.6 Å². The van der Waals surface area contributed by atoms with Crippen LogP contribution in [0.1, 0.15) is 27.6 Å². The van der Waals surface area contributed by atoms with Crippen molar-refractivity contribution < 1.29 is 29.0 Å². The normalized spacial score (nSPS) is 11.3. The van der Waals surface area contributed by atoms with Crippen molar-refractivity contribution in [3.63, 3.8) is 0 Å². The fourth-order valence-corrected chi connectivity index (χ4v) is 2.12. The summed E-state index contributed by atoms with van der Waals surface area (Å²) >= 11 is 0. The van der Waals surface area contributed by atoms with Crippen molar-refractivity contribution >= 4 is 17.8 Å². The van der Waals surface area contributed by atoms with E-state index in [1.165, 1.54) is 7.11 Å². The molecule has 0 heterocycles. The molecule has 1 atom stereocenters. The van der Waals surface area contributed by atoms with Crippen LogP contribution in [-0.4, -0.2) is 36.7 Å². The summed E-state index contributed by atoms with van der Waals surface area (Å²) in [5.41, 5.74) is 1.57. The van der Waals surface area contributed by atoms with Crippen molar-refractivity contribution in [2.24, 2.45) is 0 Å². The summed E-state index contributed by atoms with van der Waals surface area (Å²) in [5, 5.41) is 12.4. The van der Waals surface area contributed by atoms with Crippen LogP contribution in [0.2, 0.25) is 0 Å². The first-order valence-electron chi connectivity index (χ1n) is 7.85. The minimum absolute atomic E-state index is 0.207. The quantitative estimate of drug-likeness (QED) is 0.726. The maximum atomic E-state index is 11.8. The van der Waals surface area contributed by atoms with Gasteiger partial charge in [0.15, 0.2) is 12.7 Å². The Morgan fingerprint density at radius 2 is 1.69 bits per heavy atom. The molecule has 0 spiro atoms. The number of carbonyl (C=O) groups is 3. The molecular weight excluding hydrogens is 338 g/mol. The Hall–Kier alpha value is -3.19. The number of carbonyl (C=O) groups excluding carboxylic acids is 3. The van der Waals surface area contributed by atoms with Crippen LogP contribution in [0.25, 0.3) is 0 Å². The number of ether oxygens (including phenoxy) is 2. The Kier molecular flexibility index (Phi) is 6.87. The molecule has 0 aliphatic heterocycles. The third kappa shape index (κ3) is 5.42. The number of rotatable bonds is 7. The molecule has 0 fully saturated rings. The van der Waals surface area contributed by atoms with E-state index in [1.807, 2.05) is 0 Å². The lowest BCUT2D eigenvalue weighted by Crippen LogP contribution is -2.29. The van der Waals surface area contributed by atoms with Crippen molar-refractivity contribution in [1.29, 1.82) is 0 Å². The summed E-state index contributed by atoms with van der Waals surface area (Å²) in [6.07, 6.45) is -1.44. The molecule has 0 unspecified atom stereocenters. The highest BCUT2D eigenvalue weighted by Gasteiger charge is 2.19. The highest BCUT2D eigenvalue weighted by atomic mass is 16.5. The molecule has 2 rings (SSSR count). The number of benzene rings is 2. The summed E-state index contributed by atoms with van der Waals surface area (Å²) in [7, 11) is 1.30. The molecular formula is C19H19NO6. The van der Waals surface area contributed by atoms with Gasteiger partial charge in [-0.15, -0.1) is 0 Å². The second-order valence-electron chi connectivity index (χ2n) is 5.39. The molecule has 7 nitrogen and oxygen atoms in total. The van der Waals surface area contributed by atoms with E-state index >= 15 is 0 Å². The van der Waals surface area contributed by atoms with Crippen LogP contribution in [-0.2, 0) is 25.6 Å². The predicted molar refractivity (Wildman–Crippen MR) is 92.0 cm³/mol. The van der Waals surface area contributed by atoms with Crippen LogP contribution in [0.15, 0.2) is 54.6 Å². The van der Waals surface area contributed by atoms with E-state index in [1.54, 1.807) is 54.6 Å². The first-order valence-corrected chi connectivity index (χ1v) is 7.85. The maximum absolute atomic E-state index is 11.8. The molecule has 0 bridgehead atoms. The van der Waals surface area contributed by atoms with Gasteiger partial charge in [-0.25, -0.2) is 9.59 Å². The minimum Gasteiger partial charge on any atom is -0.465 e. The second kappa shape index (κ2) is 9.33. The average Bonchev–Trinajstić information content (AvgIpc) is 2.70. The van der Waals surface area contributed by atoms with Crippen LogP contribution in [0.4, 0.5) is 0 Å². The van der Waals surface area contributed by atoms with Crippen molar-refractivity contribution in [3.05, 3.63) is 71.3 Å². The molecule has 7 heteroatoms. The van der Waals surface area contributed by atoms with Crippen LogP contribution in [0.3, 0.4) is 0 Å². The molecule has 1 amide bonds. The van der Waals surface area contributed by atoms with Crippen molar-refractivity contribution in [3.8, 4) is 0 Å². The first kappa shape index (κ1) is 19.1. The van der Waals surface area contributed by atoms with E-state index in [2.05, 4.69) is 10.1 Å². The number of aliphatic hydroxyl groups is 1. The van der Waals surface area contributed by atoms with Crippen molar-refractivity contribution in [2.75, 3.05) is 13.7 Å². The lowest BCUT2D eigenvalue weighted by atomic mass is 10.1. The number of esters is 2. The fourth-order valence-electron chi connectivity index (χ4n) is 2.12. The highest BCUT2D eigenvalue weighted by molar-refractivity contribution is 5.89. The molecule has 136 valence electrons. The van der Waals surface area contributed by atoms with E-state index in [4.69, 9.17) is 4.74 Å². The predicted octanol–water partition coefficient (Wildman–Crippen LogP) is 1.37. The third-order valence-electron chi connectivity index (χ3n) is 3.55. The molecule has 2 aromatic rings. The van der Waals surface area contributed by atoms with Gasteiger partial charge in [0.05, 0.1) is 12.7 Å². The van der Waals surface area contributed by atoms with Gasteiger partial charge in [-0.3, -0.25) is 4.79 Å². The molecule has 0 aromatic heterocycles. The zero-order valence-electron chi connectivity index (χ0n) is 14.2. The Balaban J connectivity index is 1.76. The minimum atomic E-state index is -1.44. The molecule has 0 aliphatic rings. The van der Waals surface area contributed by atoms with Crippen LogP contribution < -0.4 is 5.32 Å². The summed E-state index contributed by atoms with van der Waals surface area (Å²) in [4.78, 5) is 34.8. The topological polar surface area (TPSA) is 102 Å². The zero-order chi connectivity index (χ0) is 18.9. The summed E-state index contributed by atoms with van der Waals surface area (Å²) in [5.74, 6) is -1.84. The highest BCUT2D eigenvalue weighted by Crippen LogP contribution is 2.13. The molecule has 2 N–H and O–H groups in total. The Bertz CT molecular complexity index is 757. The number of amides is 1. The van der Waals surface area contributed by atoms with Gasteiger partial charge in [-0.2, -0.15) is 0 Å². The number of hydrogen-bond donors (Lipinski definition) is 2. The molecule has 0 radical (unpaired) electrons. The molecule has 0 aliphatic carbocycles. The van der Waals surface area contributed by atoms with Crippen LogP contribution in [0, 0.1) is 0 Å². The lowest BCUT2D eigenvalue weighted by molar-refractivity contribution is -0.157. The van der Waals surface area contributed by atoms with Gasteiger partial charge in [0.25, 0.3) is 5.91 Å². The summed E-state index contributed by atoms with van der Waals surface area (Å²) in [6, 6.07) is 14.8.